The number of aromatic nitrogens is 1. The molecule has 4 nitrogen and oxygen atoms in total. The van der Waals surface area contributed by atoms with Crippen LogP contribution < -0.4 is 5.32 Å². The van der Waals surface area contributed by atoms with E-state index in [4.69, 9.17) is 4.74 Å². The van der Waals surface area contributed by atoms with Crippen molar-refractivity contribution in [2.45, 2.75) is 18.9 Å². The van der Waals surface area contributed by atoms with Crippen LogP contribution in [0.1, 0.15) is 28.4 Å². The summed E-state index contributed by atoms with van der Waals surface area (Å²) >= 11 is 0. The molecule has 108 valence electrons. The number of nitrogens with zero attached hydrogens (tertiary/aromatic N) is 1. The Morgan fingerprint density at radius 1 is 1.38 bits per heavy atom. The van der Waals surface area contributed by atoms with Gasteiger partial charge in [-0.25, -0.2) is 14.2 Å². The number of benzene rings is 1. The summed E-state index contributed by atoms with van der Waals surface area (Å²) in [5, 5.41) is 3.35. The maximum Gasteiger partial charge on any atom is 0.339 e. The first-order valence-electron chi connectivity index (χ1n) is 6.63. The quantitative estimate of drug-likeness (QED) is 0.862. The van der Waals surface area contributed by atoms with Crippen LogP contribution in [0.4, 0.5) is 10.2 Å². The predicted molar refractivity (Wildman–Crippen MR) is 76.7 cm³/mol. The average molecular weight is 286 g/mol. The Balaban J connectivity index is 1.93. The molecule has 2 heterocycles. The van der Waals surface area contributed by atoms with Gasteiger partial charge in [0, 0.05) is 12.6 Å². The molecule has 0 radical (unpaired) electrons. The maximum atomic E-state index is 13.1. The lowest BCUT2D eigenvalue weighted by Crippen LogP contribution is -2.29. The molecule has 1 N–H and O–H groups in total. The molecule has 21 heavy (non-hydrogen) atoms. The zero-order valence-electron chi connectivity index (χ0n) is 11.8. The number of halogens is 1. The van der Waals surface area contributed by atoms with Gasteiger partial charge in [-0.3, -0.25) is 0 Å². The number of esters is 1. The molecule has 1 aliphatic heterocycles. The van der Waals surface area contributed by atoms with Crippen LogP contribution in [0.3, 0.4) is 0 Å². The Labute approximate surface area is 122 Å². The Hall–Kier alpha value is -2.43. The fourth-order valence-corrected chi connectivity index (χ4v) is 2.67. The lowest BCUT2D eigenvalue weighted by atomic mass is 9.89. The maximum absolute atomic E-state index is 13.1. The molecule has 1 aliphatic rings. The molecule has 0 bridgehead atoms. The highest BCUT2D eigenvalue weighted by atomic mass is 19.1. The molecule has 1 aromatic carbocycles. The van der Waals surface area contributed by atoms with Crippen LogP contribution in [0.25, 0.3) is 0 Å². The first kappa shape index (κ1) is 13.5. The van der Waals surface area contributed by atoms with Gasteiger partial charge in [0.15, 0.2) is 0 Å². The van der Waals surface area contributed by atoms with Crippen molar-refractivity contribution < 1.29 is 13.9 Å². The number of carbonyl (C=O) groups excluding carboxylic acids is 1. The van der Waals surface area contributed by atoms with Crippen molar-refractivity contribution in [3.63, 3.8) is 0 Å². The van der Waals surface area contributed by atoms with Crippen molar-refractivity contribution >= 4 is 11.8 Å². The molecular weight excluding hydrogens is 271 g/mol. The van der Waals surface area contributed by atoms with Crippen LogP contribution in [-0.2, 0) is 16.7 Å². The number of anilines is 1. The van der Waals surface area contributed by atoms with Gasteiger partial charge in [-0.2, -0.15) is 0 Å². The number of hydrogen-bond acceptors (Lipinski definition) is 4. The van der Waals surface area contributed by atoms with E-state index < -0.39 is 5.97 Å². The summed E-state index contributed by atoms with van der Waals surface area (Å²) in [6.07, 6.45) is 2.17. The Kier molecular flexibility index (Phi) is 3.12. The van der Waals surface area contributed by atoms with Gasteiger partial charge in [0.2, 0.25) is 0 Å². The molecule has 0 spiro atoms. The van der Waals surface area contributed by atoms with Crippen molar-refractivity contribution in [3.8, 4) is 0 Å². The van der Waals surface area contributed by atoms with E-state index in [1.54, 1.807) is 18.2 Å². The molecule has 1 aromatic heterocycles. The highest BCUT2D eigenvalue weighted by molar-refractivity contribution is 5.89. The number of carbonyl (C=O) groups is 1. The fourth-order valence-electron chi connectivity index (χ4n) is 2.67. The van der Waals surface area contributed by atoms with E-state index in [0.29, 0.717) is 12.0 Å². The van der Waals surface area contributed by atoms with Gasteiger partial charge < -0.3 is 10.1 Å². The minimum atomic E-state index is -0.402. The van der Waals surface area contributed by atoms with Crippen molar-refractivity contribution in [2.75, 3.05) is 12.4 Å². The zero-order valence-corrected chi connectivity index (χ0v) is 11.8. The largest absolute Gasteiger partial charge is 0.465 e. The van der Waals surface area contributed by atoms with Crippen LogP contribution in [0.5, 0.6) is 0 Å². The van der Waals surface area contributed by atoms with Crippen molar-refractivity contribution in [3.05, 3.63) is 59.0 Å². The summed E-state index contributed by atoms with van der Waals surface area (Å²) < 4.78 is 17.8. The molecule has 0 amide bonds. The average Bonchev–Trinajstić information content (AvgIpc) is 2.83. The standard InChI is InChI=1S/C16H15FN2O2/c1-16(12-3-5-13(17)6-4-12)8-10-7-11(15(20)21-2)9-18-14(10)19-16/h3-7,9H,8H2,1-2H3,(H,18,19)/t16-/m0/s1. The summed E-state index contributed by atoms with van der Waals surface area (Å²) in [7, 11) is 1.34. The van der Waals surface area contributed by atoms with Gasteiger partial charge in [-0.1, -0.05) is 12.1 Å². The third-order valence-corrected chi connectivity index (χ3v) is 3.81. The number of hydrogen-bond donors (Lipinski definition) is 1. The normalized spacial score (nSPS) is 19.8. The van der Waals surface area contributed by atoms with Crippen LogP contribution >= 0.6 is 0 Å². The Morgan fingerprint density at radius 2 is 2.10 bits per heavy atom. The van der Waals surface area contributed by atoms with E-state index in [-0.39, 0.29) is 11.4 Å². The van der Waals surface area contributed by atoms with Crippen molar-refractivity contribution in [1.82, 2.24) is 4.98 Å². The Morgan fingerprint density at radius 3 is 2.76 bits per heavy atom. The smallest absolute Gasteiger partial charge is 0.339 e. The minimum absolute atomic E-state index is 0.260. The highest BCUT2D eigenvalue weighted by Crippen LogP contribution is 2.38. The zero-order chi connectivity index (χ0) is 15.0. The monoisotopic (exact) mass is 286 g/mol. The van der Waals surface area contributed by atoms with E-state index in [1.165, 1.54) is 25.4 Å². The molecule has 0 fully saturated rings. The summed E-state index contributed by atoms with van der Waals surface area (Å²) in [6.45, 7) is 2.03. The first-order valence-corrected chi connectivity index (χ1v) is 6.63. The number of nitrogens with one attached hydrogen (secondary N) is 1. The first-order chi connectivity index (χ1) is 10.0. The highest BCUT2D eigenvalue weighted by Gasteiger charge is 2.35. The van der Waals surface area contributed by atoms with E-state index in [0.717, 1.165) is 16.9 Å². The number of pyridine rings is 1. The topological polar surface area (TPSA) is 51.2 Å². The summed E-state index contributed by atoms with van der Waals surface area (Å²) in [5.74, 6) is 0.0825. The van der Waals surface area contributed by atoms with E-state index in [2.05, 4.69) is 10.3 Å². The molecule has 0 saturated carbocycles. The fraction of sp³-hybridized carbons (Fsp3) is 0.250. The summed E-state index contributed by atoms with van der Waals surface area (Å²) in [4.78, 5) is 15.8. The van der Waals surface area contributed by atoms with Gasteiger partial charge in [-0.15, -0.1) is 0 Å². The van der Waals surface area contributed by atoms with Gasteiger partial charge in [0.25, 0.3) is 0 Å². The summed E-state index contributed by atoms with van der Waals surface area (Å²) in [6, 6.07) is 8.19. The van der Waals surface area contributed by atoms with Crippen LogP contribution in [0.2, 0.25) is 0 Å². The van der Waals surface area contributed by atoms with Gasteiger partial charge in [0.1, 0.15) is 11.6 Å². The van der Waals surface area contributed by atoms with E-state index in [1.807, 2.05) is 6.92 Å². The van der Waals surface area contributed by atoms with Gasteiger partial charge in [-0.05, 0) is 36.2 Å². The minimum Gasteiger partial charge on any atom is -0.465 e. The molecule has 0 saturated heterocycles. The van der Waals surface area contributed by atoms with Crippen LogP contribution in [-0.4, -0.2) is 18.1 Å². The predicted octanol–water partition coefficient (Wildman–Crippen LogP) is 2.89. The second kappa shape index (κ2) is 4.84. The number of fused-ring (bicyclic) bond motifs is 1. The van der Waals surface area contributed by atoms with Crippen LogP contribution in [0.15, 0.2) is 36.5 Å². The number of methoxy groups -OCH3 is 1. The lowest BCUT2D eigenvalue weighted by Gasteiger charge is -2.25. The van der Waals surface area contributed by atoms with Gasteiger partial charge in [0.05, 0.1) is 18.2 Å². The van der Waals surface area contributed by atoms with Crippen molar-refractivity contribution in [1.29, 1.82) is 0 Å². The molecule has 3 rings (SSSR count). The van der Waals surface area contributed by atoms with Crippen LogP contribution in [0, 0.1) is 5.82 Å². The second-order valence-corrected chi connectivity index (χ2v) is 5.36. The number of ether oxygens (including phenoxy) is 1. The molecule has 1 atom stereocenters. The van der Waals surface area contributed by atoms with E-state index >= 15 is 0 Å². The molecule has 5 heteroatoms. The third-order valence-electron chi connectivity index (χ3n) is 3.81. The summed E-state index contributed by atoms with van der Waals surface area (Å²) in [5.41, 5.74) is 1.99. The molecule has 0 unspecified atom stereocenters. The SMILES string of the molecule is COC(=O)c1cnc2c(c1)C[C@@](C)(c1ccc(F)cc1)N2. The molecular formula is C16H15FN2O2. The van der Waals surface area contributed by atoms with Crippen molar-refractivity contribution in [2.24, 2.45) is 0 Å². The Bertz CT molecular complexity index is 700. The van der Waals surface area contributed by atoms with Gasteiger partial charge >= 0.3 is 5.97 Å². The lowest BCUT2D eigenvalue weighted by molar-refractivity contribution is 0.0600. The third kappa shape index (κ3) is 2.35. The number of rotatable bonds is 2. The second-order valence-electron chi connectivity index (χ2n) is 5.36. The molecule has 0 aliphatic carbocycles. The molecule has 2 aromatic rings. The van der Waals surface area contributed by atoms with E-state index in [9.17, 15) is 9.18 Å².